The molecule has 0 radical (unpaired) electrons. The minimum atomic E-state index is -0.965. The summed E-state index contributed by atoms with van der Waals surface area (Å²) >= 11 is 1.45. The number of phenols is 1. The first-order chi connectivity index (χ1) is 12.2. The topological polar surface area (TPSA) is 122 Å². The Hall–Kier alpha value is -2.26. The highest BCUT2D eigenvalue weighted by Gasteiger charge is 2.64. The van der Waals surface area contributed by atoms with Crippen molar-refractivity contribution < 1.29 is 24.2 Å². The molecule has 2 fully saturated rings. The Morgan fingerprint density at radius 1 is 1.35 bits per heavy atom. The van der Waals surface area contributed by atoms with E-state index in [4.69, 9.17) is 10.5 Å². The molecule has 4 N–H and O–H groups in total. The van der Waals surface area contributed by atoms with Gasteiger partial charge in [0.05, 0.1) is 7.11 Å². The third-order valence-corrected chi connectivity index (χ3v) is 6.27. The number of carbonyl (C=O) groups is 3. The van der Waals surface area contributed by atoms with E-state index in [0.717, 1.165) is 0 Å². The van der Waals surface area contributed by atoms with Crippen LogP contribution in [-0.4, -0.2) is 57.1 Å². The third-order valence-electron chi connectivity index (χ3n) is 4.70. The van der Waals surface area contributed by atoms with Gasteiger partial charge in [0.1, 0.15) is 29.2 Å². The van der Waals surface area contributed by atoms with Crippen LogP contribution < -0.4 is 11.1 Å². The van der Waals surface area contributed by atoms with Crippen LogP contribution in [0.1, 0.15) is 25.5 Å². The van der Waals surface area contributed by atoms with Crippen molar-refractivity contribution in [3.8, 4) is 5.75 Å². The predicted molar refractivity (Wildman–Crippen MR) is 95.1 cm³/mol. The molecular weight excluding hydrogens is 358 g/mol. The quantitative estimate of drug-likeness (QED) is 0.501. The van der Waals surface area contributed by atoms with Gasteiger partial charge in [-0.3, -0.25) is 9.59 Å². The molecule has 9 heteroatoms. The lowest BCUT2D eigenvalue weighted by molar-refractivity contribution is -0.162. The lowest BCUT2D eigenvalue weighted by atomic mass is 9.95. The lowest BCUT2D eigenvalue weighted by Gasteiger charge is -2.44. The number of amides is 2. The predicted octanol–water partition coefficient (Wildman–Crippen LogP) is 0.112. The molecule has 26 heavy (non-hydrogen) atoms. The van der Waals surface area contributed by atoms with E-state index < -0.39 is 34.7 Å². The molecule has 0 spiro atoms. The number of hydrogen-bond donors (Lipinski definition) is 3. The molecule has 0 aliphatic carbocycles. The fourth-order valence-electron chi connectivity index (χ4n) is 3.31. The second kappa shape index (κ2) is 6.48. The zero-order valence-electron chi connectivity index (χ0n) is 14.6. The van der Waals surface area contributed by atoms with Crippen LogP contribution in [0.3, 0.4) is 0 Å². The number of thioether (sulfide) groups is 1. The van der Waals surface area contributed by atoms with Gasteiger partial charge in [-0.05, 0) is 31.5 Å². The van der Waals surface area contributed by atoms with Crippen LogP contribution in [0, 0.1) is 0 Å². The molecule has 8 nitrogen and oxygen atoms in total. The van der Waals surface area contributed by atoms with Gasteiger partial charge in [-0.2, -0.15) is 0 Å². The number of ether oxygens (including phenoxy) is 1. The smallest absolute Gasteiger partial charge is 0.330 e. The van der Waals surface area contributed by atoms with Gasteiger partial charge in [-0.1, -0.05) is 12.1 Å². The maximum atomic E-state index is 12.5. The van der Waals surface area contributed by atoms with Gasteiger partial charge >= 0.3 is 5.97 Å². The molecule has 4 atom stereocenters. The summed E-state index contributed by atoms with van der Waals surface area (Å²) in [6, 6.07) is 3.60. The standard InChI is InChI=1S/C17H21N3O5S/c1-17(2)12(16(24)25-3)20-14(23)11(15(20)26-17)19-13(22)10(18)8-4-6-9(21)7-5-8/h4-7,10-12,15,21H,18H2,1-3H3,(H,19,22)/t10-,11-,12+,15-/m1/s1. The number of aromatic hydroxyl groups is 1. The first-order valence-corrected chi connectivity index (χ1v) is 8.98. The van der Waals surface area contributed by atoms with E-state index >= 15 is 0 Å². The van der Waals surface area contributed by atoms with Gasteiger partial charge in [-0.15, -0.1) is 11.8 Å². The molecule has 2 amide bonds. The normalized spacial score (nSPS) is 27.3. The van der Waals surface area contributed by atoms with Crippen molar-refractivity contribution in [1.82, 2.24) is 10.2 Å². The Bertz CT molecular complexity index is 751. The van der Waals surface area contributed by atoms with Gasteiger partial charge in [0.2, 0.25) is 11.8 Å². The minimum absolute atomic E-state index is 0.0737. The van der Waals surface area contributed by atoms with E-state index in [1.165, 1.54) is 35.9 Å². The van der Waals surface area contributed by atoms with Crippen molar-refractivity contribution in [1.29, 1.82) is 0 Å². The minimum Gasteiger partial charge on any atom is -0.508 e. The van der Waals surface area contributed by atoms with Crippen LogP contribution in [0.25, 0.3) is 0 Å². The molecular formula is C17H21N3O5S. The van der Waals surface area contributed by atoms with E-state index in [9.17, 15) is 19.5 Å². The maximum Gasteiger partial charge on any atom is 0.330 e. The fraction of sp³-hybridized carbons (Fsp3) is 0.471. The van der Waals surface area contributed by atoms with E-state index in [1.807, 2.05) is 13.8 Å². The number of esters is 1. The molecule has 0 aromatic heterocycles. The van der Waals surface area contributed by atoms with Crippen LogP contribution in [0.5, 0.6) is 5.75 Å². The maximum absolute atomic E-state index is 12.5. The number of nitrogens with zero attached hydrogens (tertiary/aromatic N) is 1. The number of hydrogen-bond acceptors (Lipinski definition) is 7. The fourth-order valence-corrected chi connectivity index (χ4v) is 4.93. The van der Waals surface area contributed by atoms with Crippen molar-refractivity contribution in [2.45, 2.75) is 42.1 Å². The highest BCUT2D eigenvalue weighted by molar-refractivity contribution is 8.01. The Morgan fingerprint density at radius 3 is 2.54 bits per heavy atom. The Labute approximate surface area is 155 Å². The average Bonchev–Trinajstić information content (AvgIpc) is 2.86. The second-order valence-corrected chi connectivity index (χ2v) is 8.61. The number of β-lactam (4-membered cyclic amide) rings is 1. The summed E-state index contributed by atoms with van der Waals surface area (Å²) in [6.07, 6.45) is 0. The average molecular weight is 379 g/mol. The highest BCUT2D eigenvalue weighted by atomic mass is 32.2. The first-order valence-electron chi connectivity index (χ1n) is 8.10. The van der Waals surface area contributed by atoms with Crippen molar-refractivity contribution in [3.63, 3.8) is 0 Å². The van der Waals surface area contributed by atoms with Crippen LogP contribution in [0.2, 0.25) is 0 Å². The Kier molecular flexibility index (Phi) is 4.61. The molecule has 0 unspecified atom stereocenters. The van der Waals surface area contributed by atoms with Crippen LogP contribution in [0.4, 0.5) is 0 Å². The summed E-state index contributed by atoms with van der Waals surface area (Å²) in [5, 5.41) is 11.7. The SMILES string of the molecule is COC(=O)[C@@H]1N2C(=O)[C@@H](NC(=O)[C@H](N)c3ccc(O)cc3)[C@H]2SC1(C)C. The summed E-state index contributed by atoms with van der Waals surface area (Å²) in [6.45, 7) is 3.73. The second-order valence-electron chi connectivity index (χ2n) is 6.84. The summed E-state index contributed by atoms with van der Waals surface area (Å²) < 4.78 is 4.30. The van der Waals surface area contributed by atoms with Gasteiger partial charge in [0, 0.05) is 4.75 Å². The lowest BCUT2D eigenvalue weighted by Crippen LogP contribution is -2.71. The largest absolute Gasteiger partial charge is 0.508 e. The van der Waals surface area contributed by atoms with Gasteiger partial charge < -0.3 is 25.8 Å². The first kappa shape index (κ1) is 18.5. The molecule has 0 bridgehead atoms. The number of rotatable bonds is 4. The number of nitrogens with two attached hydrogens (primary N) is 1. The molecule has 2 aliphatic rings. The number of benzene rings is 1. The molecule has 2 aliphatic heterocycles. The number of carbonyl (C=O) groups excluding carboxylic acids is 3. The summed E-state index contributed by atoms with van der Waals surface area (Å²) in [5.41, 5.74) is 6.47. The zero-order chi connectivity index (χ0) is 19.2. The Morgan fingerprint density at radius 2 is 1.96 bits per heavy atom. The van der Waals surface area contributed by atoms with Crippen LogP contribution in [-0.2, 0) is 19.1 Å². The Balaban J connectivity index is 1.71. The van der Waals surface area contributed by atoms with Gasteiger partial charge in [0.25, 0.3) is 0 Å². The number of nitrogens with one attached hydrogen (secondary N) is 1. The van der Waals surface area contributed by atoms with E-state index in [2.05, 4.69) is 5.32 Å². The van der Waals surface area contributed by atoms with Gasteiger partial charge in [0.15, 0.2) is 0 Å². The molecule has 140 valence electrons. The molecule has 2 heterocycles. The van der Waals surface area contributed by atoms with Crippen molar-refractivity contribution >= 4 is 29.5 Å². The molecule has 2 saturated heterocycles. The molecule has 1 aromatic rings. The van der Waals surface area contributed by atoms with Crippen LogP contribution in [0.15, 0.2) is 24.3 Å². The molecule has 1 aromatic carbocycles. The third kappa shape index (κ3) is 2.90. The van der Waals surface area contributed by atoms with E-state index in [0.29, 0.717) is 5.56 Å². The summed E-state index contributed by atoms with van der Waals surface area (Å²) in [4.78, 5) is 38.5. The number of fused-ring (bicyclic) bond motifs is 1. The van der Waals surface area contributed by atoms with E-state index in [-0.39, 0.29) is 17.0 Å². The molecule has 3 rings (SSSR count). The van der Waals surface area contributed by atoms with Crippen molar-refractivity contribution in [3.05, 3.63) is 29.8 Å². The van der Waals surface area contributed by atoms with E-state index in [1.54, 1.807) is 12.1 Å². The summed E-state index contributed by atoms with van der Waals surface area (Å²) in [7, 11) is 1.29. The van der Waals surface area contributed by atoms with Crippen molar-refractivity contribution in [2.75, 3.05) is 7.11 Å². The number of phenolic OH excluding ortho intramolecular Hbond substituents is 1. The number of methoxy groups -OCH3 is 1. The van der Waals surface area contributed by atoms with Gasteiger partial charge in [-0.25, -0.2) is 4.79 Å². The van der Waals surface area contributed by atoms with Crippen LogP contribution >= 0.6 is 11.8 Å². The highest BCUT2D eigenvalue weighted by Crippen LogP contribution is 2.51. The zero-order valence-corrected chi connectivity index (χ0v) is 15.4. The monoisotopic (exact) mass is 379 g/mol. The summed E-state index contributed by atoms with van der Waals surface area (Å²) in [5.74, 6) is -1.21. The molecule has 0 saturated carbocycles. The van der Waals surface area contributed by atoms with Crippen molar-refractivity contribution in [2.24, 2.45) is 5.73 Å².